The van der Waals surface area contributed by atoms with Crippen LogP contribution in [0.2, 0.25) is 0 Å². The maximum atomic E-state index is 13.6. The fourth-order valence-electron chi connectivity index (χ4n) is 3.74. The summed E-state index contributed by atoms with van der Waals surface area (Å²) in [6.45, 7) is 3.68. The van der Waals surface area contributed by atoms with Crippen LogP contribution in [0.1, 0.15) is 31.0 Å². The van der Waals surface area contributed by atoms with Gasteiger partial charge < -0.3 is 14.2 Å². The van der Waals surface area contributed by atoms with E-state index in [1.165, 1.54) is 23.0 Å². The molecule has 3 heterocycles. The van der Waals surface area contributed by atoms with E-state index in [0.717, 1.165) is 5.56 Å². The van der Waals surface area contributed by atoms with Crippen molar-refractivity contribution in [1.29, 1.82) is 0 Å². The van der Waals surface area contributed by atoms with Crippen LogP contribution in [-0.4, -0.2) is 36.3 Å². The zero-order valence-corrected chi connectivity index (χ0v) is 19.5. The molecular formula is C24H23N3O5S. The van der Waals surface area contributed by atoms with E-state index in [0.29, 0.717) is 37.7 Å². The van der Waals surface area contributed by atoms with Crippen LogP contribution in [0.3, 0.4) is 0 Å². The first-order chi connectivity index (χ1) is 16.0. The number of pyridine rings is 1. The second kappa shape index (κ2) is 9.41. The third-order valence-corrected chi connectivity index (χ3v) is 6.22. The largest absolute Gasteiger partial charge is 0.497 e. The Kier molecular flexibility index (Phi) is 6.41. The number of methoxy groups -OCH3 is 2. The van der Waals surface area contributed by atoms with Crippen molar-refractivity contribution in [3.05, 3.63) is 84.8 Å². The van der Waals surface area contributed by atoms with Crippen molar-refractivity contribution in [3.8, 4) is 11.5 Å². The summed E-state index contributed by atoms with van der Waals surface area (Å²) >= 11 is 1.26. The fraction of sp³-hybridized carbons (Fsp3) is 0.250. The second-order valence-corrected chi connectivity index (χ2v) is 8.21. The zero-order valence-electron chi connectivity index (χ0n) is 18.7. The van der Waals surface area contributed by atoms with Crippen LogP contribution in [-0.2, 0) is 9.53 Å². The number of thiazole rings is 1. The molecule has 0 saturated carbocycles. The zero-order chi connectivity index (χ0) is 23.5. The van der Waals surface area contributed by atoms with Crippen molar-refractivity contribution in [2.45, 2.75) is 19.9 Å². The molecular weight excluding hydrogens is 442 g/mol. The van der Waals surface area contributed by atoms with Crippen molar-refractivity contribution in [3.63, 3.8) is 0 Å². The smallest absolute Gasteiger partial charge is 0.338 e. The number of allylic oxidation sites excluding steroid dienone is 1. The average molecular weight is 466 g/mol. The third kappa shape index (κ3) is 4.19. The van der Waals surface area contributed by atoms with Crippen molar-refractivity contribution in [2.75, 3.05) is 20.8 Å². The van der Waals surface area contributed by atoms with Crippen LogP contribution < -0.4 is 24.4 Å². The lowest BCUT2D eigenvalue weighted by Gasteiger charge is -2.26. The number of esters is 1. The van der Waals surface area contributed by atoms with E-state index in [9.17, 15) is 9.59 Å². The van der Waals surface area contributed by atoms with Crippen LogP contribution in [0.5, 0.6) is 11.5 Å². The number of rotatable bonds is 6. The number of nitrogens with zero attached hydrogens (tertiary/aromatic N) is 3. The Balaban J connectivity index is 2.00. The fourth-order valence-corrected chi connectivity index (χ4v) is 4.79. The number of fused-ring (bicyclic) bond motifs is 1. The molecule has 1 aliphatic rings. The summed E-state index contributed by atoms with van der Waals surface area (Å²) in [7, 11) is 3.09. The summed E-state index contributed by atoms with van der Waals surface area (Å²) in [6, 6.07) is 8.18. The van der Waals surface area contributed by atoms with E-state index in [1.54, 1.807) is 63.7 Å². The molecule has 1 unspecified atom stereocenters. The normalized spacial score (nSPS) is 15.6. The molecule has 1 aliphatic heterocycles. The Morgan fingerprint density at radius 2 is 2.06 bits per heavy atom. The number of benzene rings is 1. The summed E-state index contributed by atoms with van der Waals surface area (Å²) in [5.74, 6) is 0.554. The summed E-state index contributed by atoms with van der Waals surface area (Å²) in [5.41, 5.74) is 1.94. The van der Waals surface area contributed by atoms with Gasteiger partial charge in [0.25, 0.3) is 5.56 Å². The Morgan fingerprint density at radius 3 is 2.73 bits per heavy atom. The van der Waals surface area contributed by atoms with Gasteiger partial charge in [0.2, 0.25) is 0 Å². The molecule has 1 atom stereocenters. The van der Waals surface area contributed by atoms with Crippen molar-refractivity contribution < 1.29 is 19.0 Å². The van der Waals surface area contributed by atoms with Gasteiger partial charge in [0.15, 0.2) is 4.80 Å². The Labute approximate surface area is 194 Å². The SMILES string of the molecule is CCOC(=O)C1=C(C)N=c2sc(=Cc3cccnc3)c(=O)n2C1c1ccc(OC)cc1OC. The quantitative estimate of drug-likeness (QED) is 0.519. The Hall–Kier alpha value is -3.72. The second-order valence-electron chi connectivity index (χ2n) is 7.20. The minimum atomic E-state index is -0.766. The Morgan fingerprint density at radius 1 is 1.24 bits per heavy atom. The van der Waals surface area contributed by atoms with Crippen LogP contribution in [0.4, 0.5) is 0 Å². The van der Waals surface area contributed by atoms with Crippen LogP contribution in [0, 0.1) is 0 Å². The number of ether oxygens (including phenoxy) is 3. The average Bonchev–Trinajstić information content (AvgIpc) is 3.12. The van der Waals surface area contributed by atoms with E-state index in [2.05, 4.69) is 9.98 Å². The van der Waals surface area contributed by atoms with Gasteiger partial charge in [-0.05, 0) is 43.7 Å². The van der Waals surface area contributed by atoms with E-state index in [4.69, 9.17) is 14.2 Å². The van der Waals surface area contributed by atoms with Crippen LogP contribution in [0.15, 0.2) is 63.8 Å². The molecule has 0 bridgehead atoms. The number of carbonyl (C=O) groups excluding carboxylic acids is 1. The minimum Gasteiger partial charge on any atom is -0.497 e. The third-order valence-electron chi connectivity index (χ3n) is 5.23. The summed E-state index contributed by atoms with van der Waals surface area (Å²) in [5, 5.41) is 0. The van der Waals surface area contributed by atoms with Gasteiger partial charge in [-0.3, -0.25) is 14.3 Å². The van der Waals surface area contributed by atoms with Crippen LogP contribution >= 0.6 is 11.3 Å². The van der Waals surface area contributed by atoms with Gasteiger partial charge in [-0.25, -0.2) is 9.79 Å². The lowest BCUT2D eigenvalue weighted by Crippen LogP contribution is -2.40. The molecule has 0 spiro atoms. The molecule has 0 fully saturated rings. The van der Waals surface area contributed by atoms with E-state index < -0.39 is 12.0 Å². The van der Waals surface area contributed by atoms with Gasteiger partial charge in [0, 0.05) is 24.0 Å². The molecule has 8 nitrogen and oxygen atoms in total. The summed E-state index contributed by atoms with van der Waals surface area (Å²) < 4.78 is 18.3. The number of carbonyl (C=O) groups is 1. The van der Waals surface area contributed by atoms with E-state index in [1.807, 2.05) is 6.07 Å². The molecule has 33 heavy (non-hydrogen) atoms. The van der Waals surface area contributed by atoms with E-state index >= 15 is 0 Å². The Bertz CT molecular complexity index is 1410. The molecule has 170 valence electrons. The highest BCUT2D eigenvalue weighted by atomic mass is 32.1. The van der Waals surface area contributed by atoms with Gasteiger partial charge in [-0.1, -0.05) is 17.4 Å². The highest BCUT2D eigenvalue weighted by molar-refractivity contribution is 7.07. The molecule has 0 saturated heterocycles. The van der Waals surface area contributed by atoms with Gasteiger partial charge in [0.1, 0.15) is 17.5 Å². The molecule has 1 aromatic carbocycles. The van der Waals surface area contributed by atoms with Gasteiger partial charge >= 0.3 is 5.97 Å². The molecule has 9 heteroatoms. The molecule has 0 amide bonds. The first-order valence-electron chi connectivity index (χ1n) is 10.3. The van der Waals surface area contributed by atoms with Crippen molar-refractivity contribution in [2.24, 2.45) is 4.99 Å². The molecule has 0 N–H and O–H groups in total. The monoisotopic (exact) mass is 465 g/mol. The van der Waals surface area contributed by atoms with Gasteiger partial charge in [0.05, 0.1) is 36.6 Å². The van der Waals surface area contributed by atoms with Gasteiger partial charge in [-0.15, -0.1) is 0 Å². The topological polar surface area (TPSA) is 92.0 Å². The summed E-state index contributed by atoms with van der Waals surface area (Å²) in [4.78, 5) is 35.8. The van der Waals surface area contributed by atoms with Crippen LogP contribution in [0.25, 0.3) is 6.08 Å². The minimum absolute atomic E-state index is 0.202. The molecule has 4 rings (SSSR count). The number of hydrogen-bond acceptors (Lipinski definition) is 8. The maximum Gasteiger partial charge on any atom is 0.338 e. The highest BCUT2D eigenvalue weighted by Gasteiger charge is 2.35. The molecule has 0 aliphatic carbocycles. The predicted molar refractivity (Wildman–Crippen MR) is 124 cm³/mol. The van der Waals surface area contributed by atoms with Crippen molar-refractivity contribution >= 4 is 23.4 Å². The number of hydrogen-bond donors (Lipinski definition) is 0. The lowest BCUT2D eigenvalue weighted by molar-refractivity contribution is -0.139. The van der Waals surface area contributed by atoms with Gasteiger partial charge in [-0.2, -0.15) is 0 Å². The first kappa shape index (κ1) is 22.5. The van der Waals surface area contributed by atoms with Crippen molar-refractivity contribution in [1.82, 2.24) is 9.55 Å². The summed E-state index contributed by atoms with van der Waals surface area (Å²) in [6.07, 6.45) is 5.11. The standard InChI is InChI=1S/C24H23N3O5S/c1-5-32-23(29)20-14(2)26-24-27(21(20)17-9-8-16(30-3)12-18(17)31-4)22(28)19(33-24)11-15-7-6-10-25-13-15/h6-13,21H,5H2,1-4H3. The molecule has 2 aromatic heterocycles. The highest BCUT2D eigenvalue weighted by Crippen LogP contribution is 2.37. The predicted octanol–water partition coefficient (Wildman–Crippen LogP) is 2.21. The number of aromatic nitrogens is 2. The molecule has 3 aromatic rings. The molecule has 0 radical (unpaired) electrons. The lowest BCUT2D eigenvalue weighted by atomic mass is 9.95. The first-order valence-corrected chi connectivity index (χ1v) is 11.1. The maximum absolute atomic E-state index is 13.6. The van der Waals surface area contributed by atoms with E-state index in [-0.39, 0.29) is 12.2 Å².